The number of esters is 4. The largest absolute Gasteiger partial charge is 0.508 e. The zero-order chi connectivity index (χ0) is 107. The van der Waals surface area contributed by atoms with Crippen molar-refractivity contribution in [2.24, 2.45) is 5.73 Å². The van der Waals surface area contributed by atoms with Gasteiger partial charge in [0.2, 0.25) is 20.0 Å². The monoisotopic (exact) mass is 2490 g/mol. The number of ether oxygens (including phenoxy) is 8. The molecule has 12 aromatic carbocycles. The van der Waals surface area contributed by atoms with Crippen LogP contribution >= 0.6 is 99.6 Å². The topological polar surface area (TPSA) is 487 Å². The van der Waals surface area contributed by atoms with Crippen molar-refractivity contribution >= 4 is 185 Å². The van der Waals surface area contributed by atoms with E-state index in [9.17, 15) is 79.1 Å². The van der Waals surface area contributed by atoms with Crippen molar-refractivity contribution in [2.45, 2.75) is 146 Å². The molecule has 11 N–H and O–H groups in total. The Morgan fingerprint density at radius 1 is 0.371 bits per heavy atom. The second-order valence-electron chi connectivity index (χ2n) is 33.3. The first-order chi connectivity index (χ1) is 67.1. The highest BCUT2D eigenvalue weighted by Gasteiger charge is 2.28. The van der Waals surface area contributed by atoms with E-state index in [1.165, 1.54) is 95.2 Å². The van der Waals surface area contributed by atoms with E-state index < -0.39 is 54.3 Å². The molecule has 31 nitrogen and oxygen atoms in total. The number of rotatable bonds is 29. The molecule has 0 aromatic heterocycles. The number of benzene rings is 12. The molecule has 0 saturated carbocycles. The Hall–Kier alpha value is -11.2. The molecular weight excluding hydrogens is 2370 g/mol. The number of phenolic OH excluding ortho intramolecular Hbond substituents is 4. The molecule has 143 heavy (non-hydrogen) atoms. The molecule has 0 aliphatic heterocycles. The Balaban J connectivity index is 0.000000344. The van der Waals surface area contributed by atoms with E-state index in [1.807, 2.05) is 198 Å². The van der Waals surface area contributed by atoms with Gasteiger partial charge in [-0.3, -0.25) is 38.1 Å². The predicted molar refractivity (Wildman–Crippen MR) is 578 cm³/mol. The fourth-order valence-electron chi connectivity index (χ4n) is 11.1. The van der Waals surface area contributed by atoms with Gasteiger partial charge < -0.3 is 74.1 Å². The number of nitrogens with one attached hydrogen (secondary N) is 2. The number of sulfonamides is 2. The highest BCUT2D eigenvalue weighted by molar-refractivity contribution is 14.1. The van der Waals surface area contributed by atoms with Gasteiger partial charge in [0.25, 0.3) is 10.1 Å². The number of hydrogen-bond donors (Lipinski definition) is 10. The summed E-state index contributed by atoms with van der Waals surface area (Å²) in [6.45, 7) is 17.9. The van der Waals surface area contributed by atoms with Crippen molar-refractivity contribution < 1.29 is 132 Å². The SMILES string of the molecule is CC(C)(C)N.CC(C)(C)NS(=O)(=O)c1ccc(OCc2ccccc2)c(B(O)O)c1.CC(C)(C)NS(=O)(=O)c1ccc(OCc2ccccc2)c(I)c1.COC(=O)Cc1cc(Br)c(O)c(C=O)c1.COC(=O)Cc1cc(Br)c(OCc2ccccc2)c(C=O)c1.COC(=O)Cc1ccc(O)c(C=O)c1.COC(=O)Cc1ccc(O)cc1.O=S(=O)(O)c1ccc(OCc2ccccc2)c(I)c1.Oc1ccccc1I. The number of para-hydroxylation sites is 1. The highest BCUT2D eigenvalue weighted by atomic mass is 127. The molecule has 12 aromatic rings. The van der Waals surface area contributed by atoms with Crippen LogP contribution in [0.5, 0.6) is 46.0 Å². The van der Waals surface area contributed by atoms with Gasteiger partial charge >= 0.3 is 31.0 Å². The average Bonchev–Trinajstić information content (AvgIpc) is 0.806. The Morgan fingerprint density at radius 2 is 0.699 bits per heavy atom. The van der Waals surface area contributed by atoms with Gasteiger partial charge in [-0.05, 0) is 322 Å². The minimum atomic E-state index is -4.17. The molecule has 12 rings (SSSR count). The highest BCUT2D eigenvalue weighted by Crippen LogP contribution is 2.34. The Kier molecular flexibility index (Phi) is 53.6. The second kappa shape index (κ2) is 61.8. The summed E-state index contributed by atoms with van der Waals surface area (Å²) in [6.07, 6.45) is 2.29. The smallest absolute Gasteiger partial charge is 0.492 e. The van der Waals surface area contributed by atoms with Crippen LogP contribution in [0.4, 0.5) is 0 Å². The summed E-state index contributed by atoms with van der Waals surface area (Å²) in [5, 5.41) is 55.6. The van der Waals surface area contributed by atoms with Gasteiger partial charge in [-0.15, -0.1) is 0 Å². The van der Waals surface area contributed by atoms with Crippen LogP contribution in [0.1, 0.15) is 138 Å². The molecule has 0 heterocycles. The summed E-state index contributed by atoms with van der Waals surface area (Å²) >= 11 is 12.6. The van der Waals surface area contributed by atoms with E-state index in [-0.39, 0.29) is 110 Å². The lowest BCUT2D eigenvalue weighted by Gasteiger charge is -2.21. The zero-order valence-corrected chi connectivity index (χ0v) is 92.4. The van der Waals surface area contributed by atoms with Gasteiger partial charge in [0.15, 0.2) is 18.9 Å². The van der Waals surface area contributed by atoms with Gasteiger partial charge in [-0.2, -0.15) is 8.42 Å². The molecule has 0 radical (unpaired) electrons. The molecule has 0 aliphatic carbocycles. The first kappa shape index (κ1) is 124. The van der Waals surface area contributed by atoms with E-state index in [0.29, 0.717) is 96.4 Å². The third kappa shape index (κ3) is 49.3. The van der Waals surface area contributed by atoms with Crippen LogP contribution in [0.15, 0.2) is 291 Å². The summed E-state index contributed by atoms with van der Waals surface area (Å²) in [5.74, 6) is 0.852. The van der Waals surface area contributed by atoms with Crippen molar-refractivity contribution in [3.05, 3.63) is 348 Å². The normalized spacial score (nSPS) is 10.8. The minimum Gasteiger partial charge on any atom is -0.508 e. The Labute approximate surface area is 891 Å². The van der Waals surface area contributed by atoms with Crippen LogP contribution < -0.4 is 39.6 Å². The molecule has 0 aliphatic rings. The van der Waals surface area contributed by atoms with E-state index >= 15 is 0 Å². The van der Waals surface area contributed by atoms with Gasteiger partial charge in [0.1, 0.15) is 72.4 Å². The lowest BCUT2D eigenvalue weighted by atomic mass is 9.79. The molecule has 0 fully saturated rings. The number of methoxy groups -OCH3 is 4. The Bertz CT molecular complexity index is 6470. The van der Waals surface area contributed by atoms with Crippen LogP contribution in [0, 0.1) is 10.7 Å². The Morgan fingerprint density at radius 3 is 1.06 bits per heavy atom. The number of carbonyl (C=O) groups is 7. The average molecular weight is 2490 g/mol. The number of aldehydes is 3. The maximum Gasteiger partial charge on any atom is 0.492 e. The molecule has 0 spiro atoms. The van der Waals surface area contributed by atoms with Crippen LogP contribution in [0.3, 0.4) is 0 Å². The lowest BCUT2D eigenvalue weighted by molar-refractivity contribution is -0.140. The first-order valence-electron chi connectivity index (χ1n) is 42.7. The van der Waals surface area contributed by atoms with E-state index in [2.05, 4.69) is 105 Å². The molecule has 40 heteroatoms. The summed E-state index contributed by atoms with van der Waals surface area (Å²) in [6, 6.07) is 76.1. The van der Waals surface area contributed by atoms with Gasteiger partial charge in [-0.1, -0.05) is 152 Å². The number of hydrogen-bond acceptors (Lipinski definition) is 28. The molecule has 0 unspecified atom stereocenters. The van der Waals surface area contributed by atoms with E-state index in [1.54, 1.807) is 87.5 Å². The lowest BCUT2D eigenvalue weighted by Crippen LogP contribution is -2.41. The standard InChI is InChI=1S/C17H22BNO5S.C17H15BrO4.C17H20INO3S.C13H11IO4S.C10H9BrO4.C10H10O4.C9H10O3.C6H5IO.C4H11N/c1-17(2,3)19-25(22,23)14-9-10-16(15(11-14)18(20)21)24-12-13-7-5-4-6-8-13;1-21-16(20)9-13-7-14(10-19)17(15(18)8-13)22-11-12-5-3-2-4-6-12;1-17(2,3)19-23(20,21)14-9-10-16(15(18)11-14)22-12-13-7-5-4-6-8-13;14-12-8-11(19(15,16)17)6-7-13(12)18-9-10-4-2-1-3-5-10;1-15-9(13)4-6-2-7(5-12)10(14)8(11)3-6;1-14-10(13)5-7-2-3-9(12)8(4-7)6-11;1-12-9(11)6-7-2-4-8(10)5-3-7;7-5-3-1-2-4-6(5)8;1-4(2,3)5/h4-11,19-21H,12H2,1-3H3;2-8,10H,9,11H2,1H3;4-11,19H,12H2,1-3H3;1-8H,9H2,(H,15,16,17);2-3,5,14H,4H2,1H3;2-4,6,12H,5H2,1H3;2-5,10H,6H2,1H3;1-4,8H;5H2,1-3H3. The van der Waals surface area contributed by atoms with Gasteiger partial charge in [0, 0.05) is 22.1 Å². The summed E-state index contributed by atoms with van der Waals surface area (Å²) in [5.41, 5.74) is 11.6. The van der Waals surface area contributed by atoms with Crippen molar-refractivity contribution in [2.75, 3.05) is 28.4 Å². The molecule has 0 atom stereocenters. The first-order valence-corrected chi connectivity index (χ1v) is 52.0. The fraction of sp³-hybridized carbons (Fsp3) is 0.233. The quantitative estimate of drug-likeness (QED) is 0.00520. The number of halogens is 5. The molecule has 0 bridgehead atoms. The molecular formula is C103H113BBr2I3N3O28S3. The summed E-state index contributed by atoms with van der Waals surface area (Å²) in [7, 11) is -8.08. The van der Waals surface area contributed by atoms with Crippen LogP contribution in [0.2, 0.25) is 0 Å². The summed E-state index contributed by atoms with van der Waals surface area (Å²) in [4.78, 5) is 76.4. The molecule has 0 saturated heterocycles. The van der Waals surface area contributed by atoms with Crippen molar-refractivity contribution in [1.82, 2.24) is 9.44 Å². The number of phenols is 4. The van der Waals surface area contributed by atoms with Crippen LogP contribution in [0.25, 0.3) is 0 Å². The van der Waals surface area contributed by atoms with Crippen molar-refractivity contribution in [3.8, 4) is 46.0 Å². The van der Waals surface area contributed by atoms with E-state index in [0.717, 1.165) is 35.0 Å². The third-order valence-corrected chi connectivity index (χ3v) is 25.8. The molecule has 764 valence electrons. The molecule has 0 amide bonds. The number of aromatic hydroxyl groups is 4. The van der Waals surface area contributed by atoms with Crippen molar-refractivity contribution in [1.29, 1.82) is 0 Å². The second-order valence-corrected chi connectivity index (χ2v) is 43.3. The summed E-state index contributed by atoms with van der Waals surface area (Å²) < 4.78 is 130. The number of carbonyl (C=O) groups excluding carboxylic acids is 7. The number of nitrogens with two attached hydrogens (primary N) is 1. The maximum atomic E-state index is 12.4. The predicted octanol–water partition coefficient (Wildman–Crippen LogP) is 18.1. The van der Waals surface area contributed by atoms with Gasteiger partial charge in [0.05, 0.1) is 105 Å². The van der Waals surface area contributed by atoms with Gasteiger partial charge in [-0.25, -0.2) is 26.3 Å². The minimum absolute atomic E-state index is 0. The fourth-order valence-corrected chi connectivity index (χ4v) is 17.8. The van der Waals surface area contributed by atoms with Crippen LogP contribution in [-0.4, -0.2) is 155 Å². The van der Waals surface area contributed by atoms with E-state index in [4.69, 9.17) is 39.4 Å². The van der Waals surface area contributed by atoms with Crippen molar-refractivity contribution in [3.63, 3.8) is 0 Å². The van der Waals surface area contributed by atoms with Crippen LogP contribution in [-0.2, 0) is 120 Å². The third-order valence-electron chi connectivity index (χ3n) is 17.7. The maximum absolute atomic E-state index is 12.4. The zero-order valence-electron chi connectivity index (χ0n) is 80.3.